The largest absolute Gasteiger partial charge is 0.402 e. The van der Waals surface area contributed by atoms with Gasteiger partial charge in [-0.1, -0.05) is 0 Å². The number of hydrogen-bond acceptors (Lipinski definition) is 4. The van der Waals surface area contributed by atoms with Crippen LogP contribution in [0.1, 0.15) is 0 Å². The molecule has 0 N–H and O–H groups in total. The summed E-state index contributed by atoms with van der Waals surface area (Å²) in [6.07, 6.45) is -4.60. The van der Waals surface area contributed by atoms with Crippen LogP contribution in [0.15, 0.2) is 20.1 Å². The lowest BCUT2D eigenvalue weighted by molar-refractivity contribution is -0.136. The number of hydrogen-bond donors (Lipinski definition) is 0. The highest BCUT2D eigenvalue weighted by Crippen LogP contribution is 2.30. The van der Waals surface area contributed by atoms with E-state index in [1.165, 1.54) is 19.2 Å². The van der Waals surface area contributed by atoms with Crippen molar-refractivity contribution < 1.29 is 26.3 Å². The highest BCUT2D eigenvalue weighted by molar-refractivity contribution is 9.11. The molecule has 0 saturated carbocycles. The lowest BCUT2D eigenvalue weighted by Crippen LogP contribution is -2.40. The molecule has 0 spiro atoms. The number of nitrogens with zero attached hydrogens (tertiary/aromatic N) is 1. The van der Waals surface area contributed by atoms with E-state index in [9.17, 15) is 21.6 Å². The van der Waals surface area contributed by atoms with E-state index in [1.54, 1.807) is 0 Å². The van der Waals surface area contributed by atoms with Gasteiger partial charge in [-0.25, -0.2) is 8.42 Å². The fourth-order valence-electron chi connectivity index (χ4n) is 1.24. The van der Waals surface area contributed by atoms with Gasteiger partial charge < -0.3 is 4.74 Å². The van der Waals surface area contributed by atoms with Gasteiger partial charge in [-0.05, 0) is 28.1 Å². The van der Waals surface area contributed by atoms with Gasteiger partial charge in [-0.3, -0.25) is 0 Å². The Kier molecular flexibility index (Phi) is 5.80. The van der Waals surface area contributed by atoms with Gasteiger partial charge >= 0.3 is 6.18 Å². The minimum absolute atomic E-state index is 0.109. The Morgan fingerprint density at radius 3 is 2.47 bits per heavy atom. The highest BCUT2D eigenvalue weighted by Gasteiger charge is 2.37. The second-order valence-electron chi connectivity index (χ2n) is 3.51. The lowest BCUT2D eigenvalue weighted by Gasteiger charge is -2.22. The van der Waals surface area contributed by atoms with E-state index in [-0.39, 0.29) is 17.4 Å². The topological polar surface area (TPSA) is 46.6 Å². The van der Waals surface area contributed by atoms with E-state index in [1.807, 2.05) is 0 Å². The van der Waals surface area contributed by atoms with Gasteiger partial charge in [0, 0.05) is 13.7 Å². The maximum Gasteiger partial charge on any atom is 0.402 e. The fourth-order valence-corrected chi connectivity index (χ4v) is 4.81. The zero-order valence-electron chi connectivity index (χ0n) is 9.78. The minimum Gasteiger partial charge on any atom is -0.383 e. The summed E-state index contributed by atoms with van der Waals surface area (Å²) >= 11 is 3.94. The van der Waals surface area contributed by atoms with Crippen LogP contribution in [0.5, 0.6) is 0 Å². The number of thiophene rings is 1. The first-order valence-electron chi connectivity index (χ1n) is 4.98. The third-order valence-corrected chi connectivity index (χ3v) is 5.98. The van der Waals surface area contributed by atoms with Crippen LogP contribution in [0.25, 0.3) is 0 Å². The molecule has 0 atom stereocenters. The van der Waals surface area contributed by atoms with Crippen molar-refractivity contribution in [2.75, 3.05) is 26.8 Å². The average molecular weight is 382 g/mol. The molecule has 19 heavy (non-hydrogen) atoms. The van der Waals surface area contributed by atoms with Gasteiger partial charge in [0.05, 0.1) is 10.4 Å². The van der Waals surface area contributed by atoms with Crippen LogP contribution in [0, 0.1) is 0 Å². The first-order chi connectivity index (χ1) is 8.66. The zero-order valence-corrected chi connectivity index (χ0v) is 13.0. The molecule has 0 bridgehead atoms. The lowest BCUT2D eigenvalue weighted by atomic mass is 10.6. The Labute approximate surface area is 121 Å². The molecule has 0 fully saturated rings. The molecule has 0 aliphatic carbocycles. The summed E-state index contributed by atoms with van der Waals surface area (Å²) in [6.45, 7) is -2.00. The van der Waals surface area contributed by atoms with Gasteiger partial charge in [-0.2, -0.15) is 17.5 Å². The number of methoxy groups -OCH3 is 1. The van der Waals surface area contributed by atoms with Crippen molar-refractivity contribution in [1.29, 1.82) is 0 Å². The molecule has 0 saturated heterocycles. The molecule has 0 amide bonds. The zero-order chi connectivity index (χ0) is 14.7. The fraction of sp³-hybridized carbons (Fsp3) is 0.556. The molecular formula is C9H11BrF3NO3S2. The number of halogens is 4. The van der Waals surface area contributed by atoms with Crippen LogP contribution in [-0.4, -0.2) is 45.7 Å². The van der Waals surface area contributed by atoms with Crippen LogP contribution in [0.4, 0.5) is 13.2 Å². The Bertz CT molecular complexity index is 515. The third kappa shape index (κ3) is 5.03. The minimum atomic E-state index is -4.60. The highest BCUT2D eigenvalue weighted by atomic mass is 79.9. The Morgan fingerprint density at radius 2 is 2.05 bits per heavy atom. The molecule has 4 nitrogen and oxygen atoms in total. The van der Waals surface area contributed by atoms with Crippen LogP contribution < -0.4 is 0 Å². The van der Waals surface area contributed by atoms with Crippen LogP contribution >= 0.6 is 27.3 Å². The smallest absolute Gasteiger partial charge is 0.383 e. The Hall–Kier alpha value is -0.160. The SMILES string of the molecule is COCCN(CC(F)(F)F)S(=O)(=O)c1ccc(Br)s1. The van der Waals surface area contributed by atoms with E-state index in [0.717, 1.165) is 11.3 Å². The molecule has 0 radical (unpaired) electrons. The van der Waals surface area contributed by atoms with Crippen molar-refractivity contribution in [3.05, 3.63) is 15.9 Å². The number of rotatable bonds is 6. The van der Waals surface area contributed by atoms with Crippen molar-refractivity contribution in [3.8, 4) is 0 Å². The standard InChI is InChI=1S/C9H11BrF3NO3S2/c1-17-5-4-14(6-9(11,12)13)19(15,16)8-3-2-7(10)18-8/h2-3H,4-6H2,1H3. The van der Waals surface area contributed by atoms with Gasteiger partial charge in [0.2, 0.25) is 0 Å². The molecule has 1 heterocycles. The maximum atomic E-state index is 12.4. The Balaban J connectivity index is 3.01. The van der Waals surface area contributed by atoms with Crippen LogP contribution in [0.2, 0.25) is 0 Å². The van der Waals surface area contributed by atoms with E-state index in [4.69, 9.17) is 0 Å². The molecule has 10 heteroatoms. The van der Waals surface area contributed by atoms with Crippen LogP contribution in [0.3, 0.4) is 0 Å². The second kappa shape index (κ2) is 6.53. The van der Waals surface area contributed by atoms with Gasteiger partial charge in [-0.15, -0.1) is 11.3 Å². The van der Waals surface area contributed by atoms with Gasteiger partial charge in [0.1, 0.15) is 10.8 Å². The molecular weight excluding hydrogens is 371 g/mol. The quantitative estimate of drug-likeness (QED) is 0.760. The molecule has 0 aliphatic heterocycles. The predicted molar refractivity (Wildman–Crippen MR) is 68.7 cm³/mol. The van der Waals surface area contributed by atoms with Crippen molar-refractivity contribution in [3.63, 3.8) is 0 Å². The number of ether oxygens (including phenoxy) is 1. The van der Waals surface area contributed by atoms with E-state index in [2.05, 4.69) is 20.7 Å². The van der Waals surface area contributed by atoms with E-state index >= 15 is 0 Å². The van der Waals surface area contributed by atoms with Crippen molar-refractivity contribution in [2.24, 2.45) is 0 Å². The van der Waals surface area contributed by atoms with Gasteiger partial charge in [0.15, 0.2) is 0 Å². The Morgan fingerprint density at radius 1 is 1.42 bits per heavy atom. The summed E-state index contributed by atoms with van der Waals surface area (Å²) in [4.78, 5) is 0. The molecule has 0 aromatic carbocycles. The summed E-state index contributed by atoms with van der Waals surface area (Å²) in [5.41, 5.74) is 0. The molecule has 1 aromatic heterocycles. The van der Waals surface area contributed by atoms with E-state index in [0.29, 0.717) is 8.09 Å². The van der Waals surface area contributed by atoms with Crippen LogP contribution in [-0.2, 0) is 14.8 Å². The third-order valence-electron chi connectivity index (χ3n) is 2.04. The molecule has 0 unspecified atom stereocenters. The summed E-state index contributed by atoms with van der Waals surface area (Å²) < 4.78 is 66.9. The normalized spacial score (nSPS) is 13.2. The number of alkyl halides is 3. The summed E-state index contributed by atoms with van der Waals surface area (Å²) in [5.74, 6) is 0. The molecule has 1 rings (SSSR count). The summed E-state index contributed by atoms with van der Waals surface area (Å²) in [7, 11) is -2.87. The first-order valence-corrected chi connectivity index (χ1v) is 8.03. The first kappa shape index (κ1) is 16.9. The summed E-state index contributed by atoms with van der Waals surface area (Å²) in [5, 5.41) is 0. The number of sulfonamides is 1. The monoisotopic (exact) mass is 381 g/mol. The van der Waals surface area contributed by atoms with Crippen molar-refractivity contribution >= 4 is 37.3 Å². The van der Waals surface area contributed by atoms with E-state index < -0.39 is 22.7 Å². The maximum absolute atomic E-state index is 12.4. The molecule has 110 valence electrons. The van der Waals surface area contributed by atoms with Gasteiger partial charge in [0.25, 0.3) is 10.0 Å². The average Bonchev–Trinajstić information content (AvgIpc) is 2.70. The predicted octanol–water partition coefficient (Wildman–Crippen LogP) is 2.71. The molecule has 1 aromatic rings. The van der Waals surface area contributed by atoms with Crippen molar-refractivity contribution in [1.82, 2.24) is 4.31 Å². The second-order valence-corrected chi connectivity index (χ2v) is 8.13. The van der Waals surface area contributed by atoms with Crippen molar-refractivity contribution in [2.45, 2.75) is 10.4 Å². The summed E-state index contributed by atoms with van der Waals surface area (Å²) in [6, 6.07) is 2.74. The molecule has 0 aliphatic rings.